The normalized spacial score (nSPS) is 15.1. The van der Waals surface area contributed by atoms with Gasteiger partial charge in [0.05, 0.1) is 23.3 Å². The first-order valence-electron chi connectivity index (χ1n) is 9.53. The lowest BCUT2D eigenvalue weighted by Gasteiger charge is -2.30. The van der Waals surface area contributed by atoms with E-state index in [1.54, 1.807) is 24.5 Å². The molecule has 1 aliphatic rings. The minimum atomic E-state index is -0.868. The Bertz CT molecular complexity index is 949. The summed E-state index contributed by atoms with van der Waals surface area (Å²) < 4.78 is 16.6. The summed E-state index contributed by atoms with van der Waals surface area (Å²) in [5.74, 6) is -1.05. The van der Waals surface area contributed by atoms with Gasteiger partial charge >= 0.3 is 0 Å². The van der Waals surface area contributed by atoms with Gasteiger partial charge in [-0.05, 0) is 32.9 Å². The Morgan fingerprint density at radius 2 is 2.00 bits per heavy atom. The molecular formula is C20H27FN4O3. The largest absolute Gasteiger partial charge is 0.394 e. The van der Waals surface area contributed by atoms with Crippen LogP contribution in [0.25, 0.3) is 10.9 Å². The Hall–Kier alpha value is -2.45. The van der Waals surface area contributed by atoms with Crippen molar-refractivity contribution in [1.82, 2.24) is 15.2 Å². The third kappa shape index (κ3) is 3.88. The third-order valence-corrected chi connectivity index (χ3v) is 5.04. The Morgan fingerprint density at radius 3 is 2.61 bits per heavy atom. The molecule has 1 aromatic heterocycles. The number of anilines is 1. The van der Waals surface area contributed by atoms with Gasteiger partial charge in [-0.3, -0.25) is 9.59 Å². The Kier molecular flexibility index (Phi) is 5.71. The van der Waals surface area contributed by atoms with Gasteiger partial charge in [-0.2, -0.15) is 0 Å². The Balaban J connectivity index is 2.11. The molecule has 0 aliphatic carbocycles. The second-order valence-corrected chi connectivity index (χ2v) is 7.71. The molecule has 0 bridgehead atoms. The van der Waals surface area contributed by atoms with Gasteiger partial charge in [0.2, 0.25) is 5.43 Å². The molecule has 1 aromatic carbocycles. The molecule has 0 radical (unpaired) electrons. The van der Waals surface area contributed by atoms with E-state index in [0.717, 1.165) is 13.1 Å². The number of aliphatic hydroxyl groups excluding tert-OH is 1. The van der Waals surface area contributed by atoms with Gasteiger partial charge < -0.3 is 25.2 Å². The van der Waals surface area contributed by atoms with E-state index in [1.165, 1.54) is 12.3 Å². The summed E-state index contributed by atoms with van der Waals surface area (Å²) in [4.78, 5) is 27.5. The van der Waals surface area contributed by atoms with Gasteiger partial charge in [0.25, 0.3) is 5.91 Å². The summed E-state index contributed by atoms with van der Waals surface area (Å²) in [6.07, 6.45) is 1.51. The molecule has 7 nitrogen and oxygen atoms in total. The van der Waals surface area contributed by atoms with E-state index in [9.17, 15) is 19.1 Å². The van der Waals surface area contributed by atoms with Crippen molar-refractivity contribution in [3.63, 3.8) is 0 Å². The number of carbonyl (C=O) groups is 1. The number of aromatic nitrogens is 1. The quantitative estimate of drug-likeness (QED) is 0.711. The zero-order chi connectivity index (χ0) is 20.5. The molecule has 1 saturated heterocycles. The van der Waals surface area contributed by atoms with Crippen LogP contribution in [0.1, 0.15) is 31.1 Å². The fourth-order valence-corrected chi connectivity index (χ4v) is 3.39. The van der Waals surface area contributed by atoms with Gasteiger partial charge in [0.1, 0.15) is 11.4 Å². The van der Waals surface area contributed by atoms with E-state index >= 15 is 0 Å². The number of nitrogens with zero attached hydrogens (tertiary/aromatic N) is 2. The number of rotatable bonds is 5. The van der Waals surface area contributed by atoms with E-state index in [2.05, 4.69) is 10.6 Å². The predicted molar refractivity (Wildman–Crippen MR) is 108 cm³/mol. The second-order valence-electron chi connectivity index (χ2n) is 7.71. The first kappa shape index (κ1) is 20.3. The SMILES string of the molecule is CCn1cc(C(=O)NC(C)(C)CO)c(=O)c2cc(F)c(N3CCNCC3)cc21. The zero-order valence-corrected chi connectivity index (χ0v) is 16.5. The molecule has 0 spiro atoms. The number of benzene rings is 1. The molecule has 0 saturated carbocycles. The Labute approximate surface area is 163 Å². The zero-order valence-electron chi connectivity index (χ0n) is 16.5. The van der Waals surface area contributed by atoms with Crippen molar-refractivity contribution < 1.29 is 14.3 Å². The molecule has 2 heterocycles. The highest BCUT2D eigenvalue weighted by Crippen LogP contribution is 2.25. The topological polar surface area (TPSA) is 86.6 Å². The Morgan fingerprint density at radius 1 is 1.32 bits per heavy atom. The van der Waals surface area contributed by atoms with Gasteiger partial charge in [0, 0.05) is 44.3 Å². The second kappa shape index (κ2) is 7.89. The van der Waals surface area contributed by atoms with Gasteiger partial charge in [0.15, 0.2) is 0 Å². The number of aryl methyl sites for hydroxylation is 1. The molecule has 2 aromatic rings. The number of nitrogens with one attached hydrogen (secondary N) is 2. The summed E-state index contributed by atoms with van der Waals surface area (Å²) in [6.45, 7) is 8.40. The minimum Gasteiger partial charge on any atom is -0.394 e. The first-order valence-corrected chi connectivity index (χ1v) is 9.53. The number of halogens is 1. The van der Waals surface area contributed by atoms with Crippen LogP contribution in [0.5, 0.6) is 0 Å². The molecule has 8 heteroatoms. The van der Waals surface area contributed by atoms with Gasteiger partial charge in [-0.1, -0.05) is 0 Å². The van der Waals surface area contributed by atoms with Crippen molar-refractivity contribution in [1.29, 1.82) is 0 Å². The maximum Gasteiger partial charge on any atom is 0.257 e. The number of pyridine rings is 1. The molecular weight excluding hydrogens is 363 g/mol. The third-order valence-electron chi connectivity index (χ3n) is 5.04. The van der Waals surface area contributed by atoms with Crippen LogP contribution in [-0.4, -0.2) is 53.9 Å². The molecule has 1 aliphatic heterocycles. The van der Waals surface area contributed by atoms with Crippen LogP contribution in [0, 0.1) is 5.82 Å². The highest BCUT2D eigenvalue weighted by atomic mass is 19.1. The lowest BCUT2D eigenvalue weighted by atomic mass is 10.0. The van der Waals surface area contributed by atoms with E-state index < -0.39 is 22.7 Å². The number of amides is 1. The van der Waals surface area contributed by atoms with E-state index in [4.69, 9.17) is 0 Å². The van der Waals surface area contributed by atoms with Crippen molar-refractivity contribution >= 4 is 22.5 Å². The summed E-state index contributed by atoms with van der Waals surface area (Å²) >= 11 is 0. The lowest BCUT2D eigenvalue weighted by molar-refractivity contribution is 0.0867. The number of fused-ring (bicyclic) bond motifs is 1. The van der Waals surface area contributed by atoms with E-state index in [-0.39, 0.29) is 17.6 Å². The molecule has 1 amide bonds. The highest BCUT2D eigenvalue weighted by molar-refractivity contribution is 5.98. The summed E-state index contributed by atoms with van der Waals surface area (Å²) in [5, 5.41) is 15.4. The summed E-state index contributed by atoms with van der Waals surface area (Å²) in [6, 6.07) is 2.93. The van der Waals surface area contributed by atoms with Gasteiger partial charge in [-0.15, -0.1) is 0 Å². The standard InChI is InChI=1S/C20H27FN4O3/c1-4-24-11-14(19(28)23-20(2,3)12-26)18(27)13-9-15(21)17(10-16(13)24)25-7-5-22-6-8-25/h9-11,22,26H,4-8,12H2,1-3H3,(H,23,28). The van der Waals surface area contributed by atoms with Crippen LogP contribution >= 0.6 is 0 Å². The maximum absolute atomic E-state index is 14.8. The smallest absolute Gasteiger partial charge is 0.257 e. The summed E-state index contributed by atoms with van der Waals surface area (Å²) in [7, 11) is 0. The number of hydrogen-bond donors (Lipinski definition) is 3. The molecule has 1 fully saturated rings. The van der Waals surface area contributed by atoms with Crippen LogP contribution in [0.4, 0.5) is 10.1 Å². The maximum atomic E-state index is 14.8. The van der Waals surface area contributed by atoms with Crippen molar-refractivity contribution in [2.24, 2.45) is 0 Å². The van der Waals surface area contributed by atoms with Crippen LogP contribution in [0.3, 0.4) is 0 Å². The van der Waals surface area contributed by atoms with Crippen molar-refractivity contribution in [3.8, 4) is 0 Å². The number of piperazine rings is 1. The molecule has 152 valence electrons. The monoisotopic (exact) mass is 390 g/mol. The molecule has 0 atom stereocenters. The van der Waals surface area contributed by atoms with Crippen LogP contribution in [0.2, 0.25) is 0 Å². The van der Waals surface area contributed by atoms with Crippen molar-refractivity contribution in [3.05, 3.63) is 39.9 Å². The highest BCUT2D eigenvalue weighted by Gasteiger charge is 2.24. The van der Waals surface area contributed by atoms with E-state index in [0.29, 0.717) is 30.8 Å². The fourth-order valence-electron chi connectivity index (χ4n) is 3.39. The molecule has 3 N–H and O–H groups in total. The van der Waals surface area contributed by atoms with E-state index in [1.807, 2.05) is 11.8 Å². The number of carbonyl (C=O) groups excluding carboxylic acids is 1. The summed E-state index contributed by atoms with van der Waals surface area (Å²) in [5.41, 5.74) is -0.385. The lowest BCUT2D eigenvalue weighted by Crippen LogP contribution is -2.47. The molecule has 0 unspecified atom stereocenters. The first-order chi connectivity index (χ1) is 13.3. The molecule has 3 rings (SSSR count). The van der Waals surface area contributed by atoms with Crippen LogP contribution in [-0.2, 0) is 6.54 Å². The number of hydrogen-bond acceptors (Lipinski definition) is 5. The average molecular weight is 390 g/mol. The molecule has 28 heavy (non-hydrogen) atoms. The minimum absolute atomic E-state index is 0.0646. The van der Waals surface area contributed by atoms with Gasteiger partial charge in [-0.25, -0.2) is 4.39 Å². The van der Waals surface area contributed by atoms with Crippen LogP contribution < -0.4 is 21.0 Å². The predicted octanol–water partition coefficient (Wildman–Crippen LogP) is 1.07. The average Bonchev–Trinajstić information content (AvgIpc) is 2.68. The van der Waals surface area contributed by atoms with Crippen LogP contribution in [0.15, 0.2) is 23.1 Å². The van der Waals surface area contributed by atoms with Crippen molar-refractivity contribution in [2.45, 2.75) is 32.9 Å². The number of aliphatic hydroxyl groups is 1. The van der Waals surface area contributed by atoms with Crippen molar-refractivity contribution in [2.75, 3.05) is 37.7 Å². The fraction of sp³-hybridized carbons (Fsp3) is 0.500.